The van der Waals surface area contributed by atoms with Crippen LogP contribution in [-0.2, 0) is 11.3 Å². The number of ether oxygens (including phenoxy) is 1. The van der Waals surface area contributed by atoms with Crippen molar-refractivity contribution in [3.8, 4) is 0 Å². The third-order valence-electron chi connectivity index (χ3n) is 5.95. The van der Waals surface area contributed by atoms with Gasteiger partial charge in [-0.15, -0.1) is 24.0 Å². The molecule has 1 amide bonds. The number of anilines is 1. The van der Waals surface area contributed by atoms with Crippen molar-refractivity contribution in [3.63, 3.8) is 0 Å². The highest BCUT2D eigenvalue weighted by Crippen LogP contribution is 2.19. The number of nitrogens with zero attached hydrogens (tertiary/aromatic N) is 6. The fourth-order valence-electron chi connectivity index (χ4n) is 4.18. The molecule has 1 aromatic heterocycles. The van der Waals surface area contributed by atoms with E-state index in [1.165, 1.54) is 5.56 Å². The maximum absolute atomic E-state index is 12.4. The van der Waals surface area contributed by atoms with Gasteiger partial charge in [0.15, 0.2) is 5.96 Å². The number of aromatic nitrogens is 1. The van der Waals surface area contributed by atoms with Gasteiger partial charge in [-0.1, -0.05) is 0 Å². The molecule has 0 aromatic carbocycles. The van der Waals surface area contributed by atoms with E-state index in [1.54, 1.807) is 4.90 Å². The minimum Gasteiger partial charge on any atom is -0.444 e. The van der Waals surface area contributed by atoms with Crippen LogP contribution in [-0.4, -0.2) is 103 Å². The summed E-state index contributed by atoms with van der Waals surface area (Å²) in [5, 5.41) is 3.50. The molecular formula is C22H36IN7O2. The highest BCUT2D eigenvalue weighted by Gasteiger charge is 2.36. The molecule has 1 unspecified atom stereocenters. The maximum atomic E-state index is 12.4. The van der Waals surface area contributed by atoms with Gasteiger partial charge in [0.1, 0.15) is 11.4 Å². The molecule has 3 aliphatic heterocycles. The average molecular weight is 557 g/mol. The second kappa shape index (κ2) is 10.4. The first-order chi connectivity index (χ1) is 14.8. The summed E-state index contributed by atoms with van der Waals surface area (Å²) in [6, 6.07) is 4.44. The Hall–Kier alpha value is -1.82. The zero-order valence-corrected chi connectivity index (χ0v) is 21.9. The van der Waals surface area contributed by atoms with Crippen molar-refractivity contribution in [2.75, 3.05) is 64.3 Å². The molecule has 2 saturated heterocycles. The van der Waals surface area contributed by atoms with Crippen molar-refractivity contribution in [1.82, 2.24) is 25.0 Å². The van der Waals surface area contributed by atoms with E-state index in [0.717, 1.165) is 44.5 Å². The molecular weight excluding hydrogens is 521 g/mol. The van der Waals surface area contributed by atoms with Crippen LogP contribution in [0.4, 0.5) is 10.6 Å². The quantitative estimate of drug-likeness (QED) is 0.569. The van der Waals surface area contributed by atoms with E-state index in [4.69, 9.17) is 9.73 Å². The van der Waals surface area contributed by atoms with Crippen molar-refractivity contribution in [2.24, 2.45) is 4.99 Å². The molecule has 0 bridgehead atoms. The van der Waals surface area contributed by atoms with Gasteiger partial charge in [0.2, 0.25) is 0 Å². The topological polar surface area (TPSA) is 76.5 Å². The first kappa shape index (κ1) is 24.8. The lowest BCUT2D eigenvalue weighted by Gasteiger charge is -2.39. The average Bonchev–Trinajstić information content (AvgIpc) is 3.14. The van der Waals surface area contributed by atoms with E-state index in [0.29, 0.717) is 26.2 Å². The Bertz CT molecular complexity index is 821. The van der Waals surface area contributed by atoms with Gasteiger partial charge >= 0.3 is 6.09 Å². The summed E-state index contributed by atoms with van der Waals surface area (Å²) in [5.74, 6) is 1.97. The Kier molecular flexibility index (Phi) is 8.07. The number of aliphatic imine (C=N–C) groups is 1. The van der Waals surface area contributed by atoms with Crippen LogP contribution in [0.3, 0.4) is 0 Å². The van der Waals surface area contributed by atoms with Gasteiger partial charge in [-0.05, 0) is 45.5 Å². The normalized spacial score (nSPS) is 21.6. The zero-order chi connectivity index (χ0) is 22.0. The summed E-state index contributed by atoms with van der Waals surface area (Å²) >= 11 is 0. The standard InChI is InChI=1S/C22H35N7O2.HI/c1-22(2,3)31-21(30)28-11-12-29-18(16-28)15-25-20(29)24-14-17-5-6-23-19(13-17)27-9-7-26(4)8-10-27;/h5-6,13,18H,7-12,14-16H2,1-4H3,(H,24,25);1H. The smallest absolute Gasteiger partial charge is 0.410 e. The maximum Gasteiger partial charge on any atom is 0.410 e. The fraction of sp³-hybridized carbons (Fsp3) is 0.682. The lowest BCUT2D eigenvalue weighted by atomic mass is 10.2. The first-order valence-electron chi connectivity index (χ1n) is 11.2. The summed E-state index contributed by atoms with van der Waals surface area (Å²) < 4.78 is 5.53. The molecule has 32 heavy (non-hydrogen) atoms. The van der Waals surface area contributed by atoms with Crippen LogP contribution in [0.1, 0.15) is 26.3 Å². The van der Waals surface area contributed by atoms with E-state index in [1.807, 2.05) is 27.0 Å². The molecule has 0 radical (unpaired) electrons. The number of halogens is 1. The number of rotatable bonds is 3. The molecule has 0 spiro atoms. The van der Waals surface area contributed by atoms with Crippen molar-refractivity contribution in [3.05, 3.63) is 23.9 Å². The van der Waals surface area contributed by atoms with Gasteiger partial charge in [-0.25, -0.2) is 9.78 Å². The van der Waals surface area contributed by atoms with E-state index in [9.17, 15) is 4.79 Å². The summed E-state index contributed by atoms with van der Waals surface area (Å²) in [6.07, 6.45) is 1.66. The van der Waals surface area contributed by atoms with E-state index in [-0.39, 0.29) is 36.1 Å². The highest BCUT2D eigenvalue weighted by molar-refractivity contribution is 14.0. The van der Waals surface area contributed by atoms with Crippen LogP contribution in [0.5, 0.6) is 0 Å². The van der Waals surface area contributed by atoms with Crippen LogP contribution in [0.15, 0.2) is 23.3 Å². The van der Waals surface area contributed by atoms with E-state index >= 15 is 0 Å². The molecule has 10 heteroatoms. The number of carbonyl (C=O) groups is 1. The van der Waals surface area contributed by atoms with Crippen molar-refractivity contribution < 1.29 is 9.53 Å². The molecule has 1 aromatic rings. The second-order valence-electron chi connectivity index (χ2n) is 9.60. The molecule has 9 nitrogen and oxygen atoms in total. The lowest BCUT2D eigenvalue weighted by Crippen LogP contribution is -2.57. The number of fused-ring (bicyclic) bond motifs is 1. The monoisotopic (exact) mass is 557 g/mol. The number of carbonyl (C=O) groups excluding carboxylic acids is 1. The third-order valence-corrected chi connectivity index (χ3v) is 5.95. The minimum atomic E-state index is -0.472. The van der Waals surface area contributed by atoms with Gasteiger partial charge in [0, 0.05) is 58.6 Å². The largest absolute Gasteiger partial charge is 0.444 e. The number of piperazine rings is 2. The van der Waals surface area contributed by atoms with E-state index in [2.05, 4.69) is 44.2 Å². The predicted molar refractivity (Wildman–Crippen MR) is 137 cm³/mol. The SMILES string of the molecule is CN1CCN(c2cc(CNC3=NCC4CN(C(=O)OC(C)(C)C)CCN34)ccn2)CC1.I. The van der Waals surface area contributed by atoms with Crippen LogP contribution in [0, 0.1) is 0 Å². The molecule has 4 heterocycles. The van der Waals surface area contributed by atoms with Gasteiger partial charge in [0.05, 0.1) is 12.6 Å². The second-order valence-corrected chi connectivity index (χ2v) is 9.60. The van der Waals surface area contributed by atoms with E-state index < -0.39 is 5.60 Å². The van der Waals surface area contributed by atoms with Crippen molar-refractivity contribution >= 4 is 41.8 Å². The number of nitrogens with one attached hydrogen (secondary N) is 1. The highest BCUT2D eigenvalue weighted by atomic mass is 127. The summed E-state index contributed by atoms with van der Waals surface area (Å²) in [6.45, 7) is 13.3. The number of amides is 1. The molecule has 178 valence electrons. The number of guanidine groups is 1. The Morgan fingerprint density at radius 3 is 2.66 bits per heavy atom. The molecule has 3 aliphatic rings. The Labute approximate surface area is 208 Å². The van der Waals surface area contributed by atoms with Crippen molar-refractivity contribution in [2.45, 2.75) is 39.0 Å². The summed E-state index contributed by atoms with van der Waals surface area (Å²) in [4.78, 5) is 30.5. The van der Waals surface area contributed by atoms with Crippen LogP contribution >= 0.6 is 24.0 Å². The molecule has 1 N–H and O–H groups in total. The first-order valence-corrected chi connectivity index (χ1v) is 11.2. The van der Waals surface area contributed by atoms with Gasteiger partial charge in [0.25, 0.3) is 0 Å². The van der Waals surface area contributed by atoms with Gasteiger partial charge in [-0.2, -0.15) is 0 Å². The Morgan fingerprint density at radius 2 is 1.94 bits per heavy atom. The third kappa shape index (κ3) is 6.15. The molecule has 4 rings (SSSR count). The molecule has 0 saturated carbocycles. The van der Waals surface area contributed by atoms with Crippen LogP contribution in [0.2, 0.25) is 0 Å². The molecule has 2 fully saturated rings. The van der Waals surface area contributed by atoms with Crippen LogP contribution in [0.25, 0.3) is 0 Å². The summed E-state index contributed by atoms with van der Waals surface area (Å²) in [5.41, 5.74) is 0.725. The predicted octanol–water partition coefficient (Wildman–Crippen LogP) is 1.83. The Morgan fingerprint density at radius 1 is 1.19 bits per heavy atom. The van der Waals surface area contributed by atoms with Gasteiger partial charge in [-0.3, -0.25) is 4.99 Å². The number of pyridine rings is 1. The number of hydrogen-bond acceptors (Lipinski definition) is 8. The van der Waals surface area contributed by atoms with Crippen molar-refractivity contribution in [1.29, 1.82) is 0 Å². The lowest BCUT2D eigenvalue weighted by molar-refractivity contribution is 0.0137. The zero-order valence-electron chi connectivity index (χ0n) is 19.6. The minimum absolute atomic E-state index is 0. The Balaban J connectivity index is 0.00000289. The fourth-order valence-corrected chi connectivity index (χ4v) is 4.18. The number of likely N-dealkylation sites (N-methyl/N-ethyl adjacent to an activating group) is 1. The molecule has 1 atom stereocenters. The van der Waals surface area contributed by atoms with Gasteiger partial charge < -0.3 is 29.7 Å². The summed E-state index contributed by atoms with van der Waals surface area (Å²) in [7, 11) is 2.16. The number of hydrogen-bond donors (Lipinski definition) is 1. The van der Waals surface area contributed by atoms with Crippen LogP contribution < -0.4 is 10.2 Å². The molecule has 0 aliphatic carbocycles.